The molecule has 1 atom stereocenters. The molecule has 1 amide bonds. The number of halogens is 1. The number of rotatable bonds is 8. The van der Waals surface area contributed by atoms with Gasteiger partial charge in [-0.3, -0.25) is 9.69 Å². The van der Waals surface area contributed by atoms with Crippen molar-refractivity contribution in [1.29, 1.82) is 0 Å². The standard InChI is InChI=1S/C24H27ClN2O4S2/c1-16-7-12-21-23(17(16)2)26-24(32-21)27(15-19-5-3-13-31-19)22(28)6-4-14-33(29,30)20-10-8-18(25)9-11-20/h7-12,19H,3-6,13-15H2,1-2H3. The average molecular weight is 507 g/mol. The zero-order chi connectivity index (χ0) is 23.6. The third-order valence-electron chi connectivity index (χ3n) is 5.99. The monoisotopic (exact) mass is 506 g/mol. The average Bonchev–Trinajstić information content (AvgIpc) is 3.45. The summed E-state index contributed by atoms with van der Waals surface area (Å²) in [5.74, 6) is -0.239. The van der Waals surface area contributed by atoms with E-state index in [4.69, 9.17) is 21.3 Å². The molecular weight excluding hydrogens is 480 g/mol. The van der Waals surface area contributed by atoms with Crippen LogP contribution in [0.25, 0.3) is 10.2 Å². The molecule has 1 aliphatic heterocycles. The lowest BCUT2D eigenvalue weighted by molar-refractivity contribution is -0.119. The van der Waals surface area contributed by atoms with E-state index in [9.17, 15) is 13.2 Å². The van der Waals surface area contributed by atoms with E-state index in [1.165, 1.54) is 23.5 Å². The fourth-order valence-electron chi connectivity index (χ4n) is 3.92. The van der Waals surface area contributed by atoms with E-state index in [-0.39, 0.29) is 35.5 Å². The van der Waals surface area contributed by atoms with Gasteiger partial charge in [-0.25, -0.2) is 13.4 Å². The number of sulfone groups is 1. The Balaban J connectivity index is 1.50. The Bertz CT molecular complexity index is 1250. The van der Waals surface area contributed by atoms with Crippen LogP contribution in [0.2, 0.25) is 5.02 Å². The maximum atomic E-state index is 13.3. The number of amides is 1. The number of thiazole rings is 1. The van der Waals surface area contributed by atoms with E-state index in [1.54, 1.807) is 17.0 Å². The summed E-state index contributed by atoms with van der Waals surface area (Å²) in [5, 5.41) is 1.12. The molecule has 9 heteroatoms. The van der Waals surface area contributed by atoms with Crippen LogP contribution in [0.15, 0.2) is 41.3 Å². The summed E-state index contributed by atoms with van der Waals surface area (Å²) in [5.41, 5.74) is 3.17. The minimum Gasteiger partial charge on any atom is -0.376 e. The zero-order valence-corrected chi connectivity index (χ0v) is 21.1. The molecule has 0 aliphatic carbocycles. The Labute approximate surface area is 203 Å². The molecule has 4 rings (SSSR count). The van der Waals surface area contributed by atoms with Crippen molar-refractivity contribution in [3.05, 3.63) is 52.5 Å². The van der Waals surface area contributed by atoms with Crippen molar-refractivity contribution in [2.45, 2.75) is 50.5 Å². The van der Waals surface area contributed by atoms with Crippen molar-refractivity contribution in [1.82, 2.24) is 4.98 Å². The van der Waals surface area contributed by atoms with E-state index in [2.05, 4.69) is 6.07 Å². The van der Waals surface area contributed by atoms with Gasteiger partial charge in [-0.2, -0.15) is 0 Å². The molecule has 2 aromatic carbocycles. The second-order valence-electron chi connectivity index (χ2n) is 8.37. The third-order valence-corrected chi connectivity index (χ3v) is 9.10. The van der Waals surface area contributed by atoms with Crippen molar-refractivity contribution in [2.75, 3.05) is 23.8 Å². The number of nitrogens with zero attached hydrogens (tertiary/aromatic N) is 2. The number of aryl methyl sites for hydroxylation is 2. The molecule has 1 aromatic heterocycles. The van der Waals surface area contributed by atoms with E-state index in [0.29, 0.717) is 23.3 Å². The Morgan fingerprint density at radius 2 is 1.97 bits per heavy atom. The smallest absolute Gasteiger partial charge is 0.228 e. The molecule has 6 nitrogen and oxygen atoms in total. The third kappa shape index (κ3) is 5.57. The molecule has 0 bridgehead atoms. The number of ether oxygens (including phenoxy) is 1. The van der Waals surface area contributed by atoms with Gasteiger partial charge in [0.05, 0.1) is 33.5 Å². The molecule has 0 spiro atoms. The van der Waals surface area contributed by atoms with E-state index >= 15 is 0 Å². The highest BCUT2D eigenvalue weighted by atomic mass is 35.5. The maximum Gasteiger partial charge on any atom is 0.228 e. The summed E-state index contributed by atoms with van der Waals surface area (Å²) in [4.78, 5) is 19.9. The molecule has 1 saturated heterocycles. The van der Waals surface area contributed by atoms with Gasteiger partial charge < -0.3 is 4.74 Å². The molecule has 33 heavy (non-hydrogen) atoms. The minimum absolute atomic E-state index is 0.0263. The first-order valence-corrected chi connectivity index (χ1v) is 13.9. The van der Waals surface area contributed by atoms with Crippen LogP contribution >= 0.6 is 22.9 Å². The Kier molecular flexibility index (Phi) is 7.38. The molecule has 1 aliphatic rings. The highest BCUT2D eigenvalue weighted by Crippen LogP contribution is 2.33. The van der Waals surface area contributed by atoms with Gasteiger partial charge in [-0.1, -0.05) is 29.0 Å². The van der Waals surface area contributed by atoms with Crippen LogP contribution in [0.4, 0.5) is 5.13 Å². The molecule has 1 fully saturated rings. The van der Waals surface area contributed by atoms with Crippen molar-refractivity contribution < 1.29 is 17.9 Å². The number of anilines is 1. The van der Waals surface area contributed by atoms with Gasteiger partial charge in [0.2, 0.25) is 5.91 Å². The summed E-state index contributed by atoms with van der Waals surface area (Å²) in [6.07, 6.45) is 2.20. The predicted molar refractivity (Wildman–Crippen MR) is 133 cm³/mol. The number of hydrogen-bond donors (Lipinski definition) is 0. The Morgan fingerprint density at radius 1 is 1.21 bits per heavy atom. The quantitative estimate of drug-likeness (QED) is 0.412. The number of fused-ring (bicyclic) bond motifs is 1. The van der Waals surface area contributed by atoms with Gasteiger partial charge in [0.15, 0.2) is 15.0 Å². The van der Waals surface area contributed by atoms with Crippen LogP contribution in [-0.4, -0.2) is 44.3 Å². The number of hydrogen-bond acceptors (Lipinski definition) is 6. The van der Waals surface area contributed by atoms with Gasteiger partial charge in [0.1, 0.15) is 0 Å². The van der Waals surface area contributed by atoms with Crippen LogP contribution in [0.5, 0.6) is 0 Å². The Hall–Kier alpha value is -2.00. The van der Waals surface area contributed by atoms with Crippen molar-refractivity contribution >= 4 is 54.0 Å². The predicted octanol–water partition coefficient (Wildman–Crippen LogP) is 5.33. The molecule has 176 valence electrons. The summed E-state index contributed by atoms with van der Waals surface area (Å²) in [6, 6.07) is 10.2. The van der Waals surface area contributed by atoms with Crippen LogP contribution in [-0.2, 0) is 19.4 Å². The molecule has 0 N–H and O–H groups in total. The number of carbonyl (C=O) groups is 1. The fraction of sp³-hybridized carbons (Fsp3) is 0.417. The molecule has 3 aromatic rings. The zero-order valence-electron chi connectivity index (χ0n) is 18.7. The van der Waals surface area contributed by atoms with Crippen LogP contribution in [0.3, 0.4) is 0 Å². The summed E-state index contributed by atoms with van der Waals surface area (Å²) in [6.45, 7) is 5.21. The van der Waals surface area contributed by atoms with Crippen LogP contribution in [0, 0.1) is 13.8 Å². The number of carbonyl (C=O) groups excluding carboxylic acids is 1. The number of aromatic nitrogens is 1. The Morgan fingerprint density at radius 3 is 2.67 bits per heavy atom. The van der Waals surface area contributed by atoms with Gasteiger partial charge in [0, 0.05) is 18.1 Å². The highest BCUT2D eigenvalue weighted by Gasteiger charge is 2.27. The number of benzene rings is 2. The van der Waals surface area contributed by atoms with E-state index in [0.717, 1.165) is 34.2 Å². The molecule has 0 radical (unpaired) electrons. The summed E-state index contributed by atoms with van der Waals surface area (Å²) < 4.78 is 32.1. The minimum atomic E-state index is -3.48. The SMILES string of the molecule is Cc1ccc2sc(N(CC3CCCO3)C(=O)CCCS(=O)(=O)c3ccc(Cl)cc3)nc2c1C. The lowest BCUT2D eigenvalue weighted by Gasteiger charge is -2.23. The largest absolute Gasteiger partial charge is 0.376 e. The highest BCUT2D eigenvalue weighted by molar-refractivity contribution is 7.91. The topological polar surface area (TPSA) is 76.6 Å². The first-order chi connectivity index (χ1) is 15.7. The molecule has 0 saturated carbocycles. The molecule has 2 heterocycles. The van der Waals surface area contributed by atoms with Gasteiger partial charge >= 0.3 is 0 Å². The van der Waals surface area contributed by atoms with E-state index in [1.807, 2.05) is 19.9 Å². The summed E-state index contributed by atoms with van der Waals surface area (Å²) in [7, 11) is -3.48. The second kappa shape index (κ2) is 10.1. The normalized spacial score (nSPS) is 16.4. The fourth-order valence-corrected chi connectivity index (χ4v) is 6.40. The van der Waals surface area contributed by atoms with Gasteiger partial charge in [-0.05, 0) is 74.6 Å². The van der Waals surface area contributed by atoms with Crippen molar-refractivity contribution in [2.24, 2.45) is 0 Å². The molecule has 1 unspecified atom stereocenters. The van der Waals surface area contributed by atoms with Gasteiger partial charge in [0.25, 0.3) is 0 Å². The van der Waals surface area contributed by atoms with Gasteiger partial charge in [-0.15, -0.1) is 0 Å². The first kappa shape index (κ1) is 24.1. The van der Waals surface area contributed by atoms with Crippen LogP contribution in [0.1, 0.15) is 36.8 Å². The second-order valence-corrected chi connectivity index (χ2v) is 11.9. The maximum absolute atomic E-state index is 13.3. The lowest BCUT2D eigenvalue weighted by Crippen LogP contribution is -2.37. The van der Waals surface area contributed by atoms with Crippen molar-refractivity contribution in [3.63, 3.8) is 0 Å². The van der Waals surface area contributed by atoms with Crippen LogP contribution < -0.4 is 4.90 Å². The first-order valence-electron chi connectivity index (χ1n) is 11.0. The lowest BCUT2D eigenvalue weighted by atomic mass is 10.1. The van der Waals surface area contributed by atoms with E-state index < -0.39 is 9.84 Å². The van der Waals surface area contributed by atoms with Crippen molar-refractivity contribution in [3.8, 4) is 0 Å². The molecular formula is C24H27ClN2O4S2. The summed E-state index contributed by atoms with van der Waals surface area (Å²) >= 11 is 7.34.